The molecule has 72 valence electrons. The Morgan fingerprint density at radius 1 is 1.46 bits per heavy atom. The Morgan fingerprint density at radius 3 is 2.85 bits per heavy atom. The molecule has 2 nitrogen and oxygen atoms in total. The summed E-state index contributed by atoms with van der Waals surface area (Å²) in [6.07, 6.45) is 1.03. The molecule has 0 fully saturated rings. The lowest BCUT2D eigenvalue weighted by Gasteiger charge is -2.08. The fourth-order valence-electron chi connectivity index (χ4n) is 1.01. The highest BCUT2D eigenvalue weighted by Crippen LogP contribution is 2.26. The molecule has 0 radical (unpaired) electrons. The van der Waals surface area contributed by atoms with Gasteiger partial charge in [-0.3, -0.25) is 0 Å². The van der Waals surface area contributed by atoms with Crippen LogP contribution in [0, 0.1) is 0 Å². The summed E-state index contributed by atoms with van der Waals surface area (Å²) in [7, 11) is 1.89. The van der Waals surface area contributed by atoms with E-state index in [1.54, 1.807) is 0 Å². The van der Waals surface area contributed by atoms with E-state index in [4.69, 9.17) is 4.74 Å². The SMILES string of the molecule is CCCOc1ccc(Br)c(NC)c1. The van der Waals surface area contributed by atoms with E-state index in [0.717, 1.165) is 28.9 Å². The van der Waals surface area contributed by atoms with Gasteiger partial charge in [0.25, 0.3) is 0 Å². The van der Waals surface area contributed by atoms with Crippen molar-refractivity contribution in [3.05, 3.63) is 22.7 Å². The average Bonchev–Trinajstić information content (AvgIpc) is 2.16. The van der Waals surface area contributed by atoms with Gasteiger partial charge in [0.2, 0.25) is 0 Å². The Kier molecular flexibility index (Phi) is 4.09. The Bertz CT molecular complexity index is 276. The Labute approximate surface area is 87.4 Å². The van der Waals surface area contributed by atoms with Gasteiger partial charge in [-0.2, -0.15) is 0 Å². The molecule has 3 heteroatoms. The topological polar surface area (TPSA) is 21.3 Å². The van der Waals surface area contributed by atoms with E-state index in [1.807, 2.05) is 25.2 Å². The zero-order chi connectivity index (χ0) is 9.68. The minimum Gasteiger partial charge on any atom is -0.494 e. The van der Waals surface area contributed by atoms with Crippen LogP contribution in [0.3, 0.4) is 0 Å². The lowest BCUT2D eigenvalue weighted by molar-refractivity contribution is 0.317. The van der Waals surface area contributed by atoms with Crippen molar-refractivity contribution in [2.75, 3.05) is 19.0 Å². The molecule has 13 heavy (non-hydrogen) atoms. The third kappa shape index (κ3) is 2.92. The molecule has 0 unspecified atom stereocenters. The number of hydrogen-bond donors (Lipinski definition) is 1. The maximum absolute atomic E-state index is 5.49. The van der Waals surface area contributed by atoms with E-state index in [-0.39, 0.29) is 0 Å². The van der Waals surface area contributed by atoms with Crippen molar-refractivity contribution in [2.24, 2.45) is 0 Å². The Hall–Kier alpha value is -0.700. The summed E-state index contributed by atoms with van der Waals surface area (Å²) >= 11 is 3.44. The zero-order valence-corrected chi connectivity index (χ0v) is 9.52. The summed E-state index contributed by atoms with van der Waals surface area (Å²) in [4.78, 5) is 0. The lowest BCUT2D eigenvalue weighted by atomic mass is 10.3. The number of nitrogens with one attached hydrogen (secondary N) is 1. The van der Waals surface area contributed by atoms with Gasteiger partial charge in [-0.15, -0.1) is 0 Å². The molecular weight excluding hydrogens is 230 g/mol. The standard InChI is InChI=1S/C10H14BrNO/c1-3-6-13-8-4-5-9(11)10(7-8)12-2/h4-5,7,12H,3,6H2,1-2H3. The molecule has 1 aromatic carbocycles. The number of rotatable bonds is 4. The van der Waals surface area contributed by atoms with Crippen LogP contribution in [0.5, 0.6) is 5.75 Å². The molecule has 0 aromatic heterocycles. The molecule has 1 rings (SSSR count). The van der Waals surface area contributed by atoms with Gasteiger partial charge < -0.3 is 10.1 Å². The Morgan fingerprint density at radius 2 is 2.23 bits per heavy atom. The van der Waals surface area contributed by atoms with Crippen LogP contribution < -0.4 is 10.1 Å². The normalized spacial score (nSPS) is 9.77. The molecule has 0 saturated carbocycles. The first-order valence-corrected chi connectivity index (χ1v) is 5.17. The smallest absolute Gasteiger partial charge is 0.121 e. The first-order valence-electron chi connectivity index (χ1n) is 4.38. The number of anilines is 1. The Balaban J connectivity index is 2.74. The van der Waals surface area contributed by atoms with E-state index in [9.17, 15) is 0 Å². The van der Waals surface area contributed by atoms with E-state index < -0.39 is 0 Å². The molecular formula is C10H14BrNO. The maximum atomic E-state index is 5.49. The monoisotopic (exact) mass is 243 g/mol. The van der Waals surface area contributed by atoms with Crippen LogP contribution >= 0.6 is 15.9 Å². The van der Waals surface area contributed by atoms with E-state index >= 15 is 0 Å². The van der Waals surface area contributed by atoms with Crippen LogP contribution in [0.15, 0.2) is 22.7 Å². The summed E-state index contributed by atoms with van der Waals surface area (Å²) in [5, 5.41) is 3.09. The van der Waals surface area contributed by atoms with Crippen molar-refractivity contribution < 1.29 is 4.74 Å². The van der Waals surface area contributed by atoms with Gasteiger partial charge in [0.15, 0.2) is 0 Å². The van der Waals surface area contributed by atoms with Crippen LogP contribution in [-0.4, -0.2) is 13.7 Å². The van der Waals surface area contributed by atoms with Crippen LogP contribution in [0.25, 0.3) is 0 Å². The first kappa shape index (κ1) is 10.4. The summed E-state index contributed by atoms with van der Waals surface area (Å²) in [6, 6.07) is 5.93. The maximum Gasteiger partial charge on any atom is 0.121 e. The number of hydrogen-bond acceptors (Lipinski definition) is 2. The molecule has 1 aromatic rings. The second kappa shape index (κ2) is 5.12. The molecule has 0 spiro atoms. The molecule has 0 bridgehead atoms. The van der Waals surface area contributed by atoms with Crippen LogP contribution in [0.4, 0.5) is 5.69 Å². The second-order valence-electron chi connectivity index (χ2n) is 2.74. The van der Waals surface area contributed by atoms with Gasteiger partial charge in [-0.1, -0.05) is 6.92 Å². The summed E-state index contributed by atoms with van der Waals surface area (Å²) in [5.74, 6) is 0.911. The van der Waals surface area contributed by atoms with Gasteiger partial charge in [0.1, 0.15) is 5.75 Å². The lowest BCUT2D eigenvalue weighted by Crippen LogP contribution is -1.96. The summed E-state index contributed by atoms with van der Waals surface area (Å²) in [5.41, 5.74) is 1.05. The van der Waals surface area contributed by atoms with E-state index in [1.165, 1.54) is 0 Å². The van der Waals surface area contributed by atoms with Gasteiger partial charge in [-0.25, -0.2) is 0 Å². The largest absolute Gasteiger partial charge is 0.494 e. The van der Waals surface area contributed by atoms with Crippen molar-refractivity contribution in [1.82, 2.24) is 0 Å². The fraction of sp³-hybridized carbons (Fsp3) is 0.400. The van der Waals surface area contributed by atoms with Crippen molar-refractivity contribution in [2.45, 2.75) is 13.3 Å². The number of benzene rings is 1. The summed E-state index contributed by atoms with van der Waals surface area (Å²) in [6.45, 7) is 2.86. The van der Waals surface area contributed by atoms with Crippen LogP contribution in [0.1, 0.15) is 13.3 Å². The molecule has 0 aliphatic rings. The molecule has 1 N–H and O–H groups in total. The highest BCUT2D eigenvalue weighted by molar-refractivity contribution is 9.10. The van der Waals surface area contributed by atoms with Crippen LogP contribution in [0.2, 0.25) is 0 Å². The fourth-order valence-corrected chi connectivity index (χ4v) is 1.45. The van der Waals surface area contributed by atoms with E-state index in [0.29, 0.717) is 0 Å². The zero-order valence-electron chi connectivity index (χ0n) is 7.93. The molecule has 0 atom stereocenters. The van der Waals surface area contributed by atoms with Crippen molar-refractivity contribution >= 4 is 21.6 Å². The van der Waals surface area contributed by atoms with E-state index in [2.05, 4.69) is 28.2 Å². The highest BCUT2D eigenvalue weighted by Gasteiger charge is 1.99. The van der Waals surface area contributed by atoms with Gasteiger partial charge >= 0.3 is 0 Å². The molecule has 0 aliphatic heterocycles. The third-order valence-corrected chi connectivity index (χ3v) is 2.37. The third-order valence-electron chi connectivity index (χ3n) is 1.68. The summed E-state index contributed by atoms with van der Waals surface area (Å²) < 4.78 is 6.55. The first-order chi connectivity index (χ1) is 6.27. The van der Waals surface area contributed by atoms with Crippen molar-refractivity contribution in [1.29, 1.82) is 0 Å². The second-order valence-corrected chi connectivity index (χ2v) is 3.59. The quantitative estimate of drug-likeness (QED) is 0.877. The molecule has 0 aliphatic carbocycles. The van der Waals surface area contributed by atoms with Crippen molar-refractivity contribution in [3.8, 4) is 5.75 Å². The minimum atomic E-state index is 0.769. The average molecular weight is 244 g/mol. The number of halogens is 1. The van der Waals surface area contributed by atoms with Gasteiger partial charge in [0.05, 0.1) is 12.3 Å². The van der Waals surface area contributed by atoms with Gasteiger partial charge in [0, 0.05) is 17.6 Å². The number of ether oxygens (including phenoxy) is 1. The minimum absolute atomic E-state index is 0.769. The predicted molar refractivity (Wildman–Crippen MR) is 59.5 cm³/mol. The molecule has 0 amide bonds. The molecule has 0 heterocycles. The predicted octanol–water partition coefficient (Wildman–Crippen LogP) is 3.28. The van der Waals surface area contributed by atoms with Crippen molar-refractivity contribution in [3.63, 3.8) is 0 Å². The molecule has 0 saturated heterocycles. The van der Waals surface area contributed by atoms with Gasteiger partial charge in [-0.05, 0) is 34.5 Å². The van der Waals surface area contributed by atoms with Crippen LogP contribution in [-0.2, 0) is 0 Å². The highest BCUT2D eigenvalue weighted by atomic mass is 79.9.